The van der Waals surface area contributed by atoms with Crippen LogP contribution in [0, 0.1) is 17.2 Å². The van der Waals surface area contributed by atoms with Crippen molar-refractivity contribution in [1.82, 2.24) is 10.2 Å². The second-order valence-electron chi connectivity index (χ2n) is 5.97. The zero-order valence-electron chi connectivity index (χ0n) is 11.2. The van der Waals surface area contributed by atoms with Crippen molar-refractivity contribution in [2.45, 2.75) is 57.0 Å². The summed E-state index contributed by atoms with van der Waals surface area (Å²) in [6.45, 7) is 4.49. The van der Waals surface area contributed by atoms with E-state index in [-0.39, 0.29) is 5.54 Å². The van der Waals surface area contributed by atoms with E-state index in [1.165, 1.54) is 38.8 Å². The van der Waals surface area contributed by atoms with Gasteiger partial charge in [-0.25, -0.2) is 0 Å². The van der Waals surface area contributed by atoms with Gasteiger partial charge in [0.25, 0.3) is 0 Å². The highest BCUT2D eigenvalue weighted by atomic mass is 15.2. The monoisotopic (exact) mass is 235 g/mol. The maximum absolute atomic E-state index is 9.10. The van der Waals surface area contributed by atoms with E-state index in [2.05, 4.69) is 16.3 Å². The molecule has 0 amide bonds. The summed E-state index contributed by atoms with van der Waals surface area (Å²) in [5.74, 6) is 0.988. The van der Waals surface area contributed by atoms with Crippen molar-refractivity contribution in [2.75, 3.05) is 20.1 Å². The van der Waals surface area contributed by atoms with Crippen LogP contribution in [0.2, 0.25) is 0 Å². The molecule has 3 heteroatoms. The van der Waals surface area contributed by atoms with Crippen molar-refractivity contribution in [2.24, 2.45) is 5.92 Å². The highest BCUT2D eigenvalue weighted by Crippen LogP contribution is 2.35. The largest absolute Gasteiger partial charge is 0.303 e. The van der Waals surface area contributed by atoms with Crippen LogP contribution in [0.5, 0.6) is 0 Å². The summed E-state index contributed by atoms with van der Waals surface area (Å²) in [5, 5.41) is 12.2. The molecule has 0 aromatic rings. The van der Waals surface area contributed by atoms with Gasteiger partial charge in [0.2, 0.25) is 0 Å². The SMILES string of the molecule is CNC(C)(C#N)CCCN(CC1CC1)C1CC1. The van der Waals surface area contributed by atoms with Gasteiger partial charge < -0.3 is 10.2 Å². The number of nitrogens with zero attached hydrogens (tertiary/aromatic N) is 2. The Kier molecular flexibility index (Phi) is 4.06. The topological polar surface area (TPSA) is 39.1 Å². The Morgan fingerprint density at radius 1 is 1.35 bits per heavy atom. The van der Waals surface area contributed by atoms with Crippen LogP contribution < -0.4 is 5.32 Å². The van der Waals surface area contributed by atoms with Crippen molar-refractivity contribution in [3.8, 4) is 6.07 Å². The summed E-state index contributed by atoms with van der Waals surface area (Å²) in [6.07, 6.45) is 7.76. The summed E-state index contributed by atoms with van der Waals surface area (Å²) in [4.78, 5) is 2.67. The van der Waals surface area contributed by atoms with Crippen molar-refractivity contribution >= 4 is 0 Å². The van der Waals surface area contributed by atoms with Gasteiger partial charge in [-0.1, -0.05) is 0 Å². The minimum atomic E-state index is -0.338. The van der Waals surface area contributed by atoms with Gasteiger partial charge in [-0.15, -0.1) is 0 Å². The molecule has 2 rings (SSSR count). The van der Waals surface area contributed by atoms with E-state index in [9.17, 15) is 0 Å². The first-order valence-corrected chi connectivity index (χ1v) is 7.01. The third-order valence-electron chi connectivity index (χ3n) is 4.17. The molecule has 2 fully saturated rings. The zero-order valence-corrected chi connectivity index (χ0v) is 11.2. The minimum absolute atomic E-state index is 0.338. The molecule has 0 aliphatic heterocycles. The standard InChI is InChI=1S/C14H25N3/c1-14(11-15,16-2)8-3-9-17(13-6-7-13)10-12-4-5-12/h12-13,16H,3-10H2,1-2H3. The van der Waals surface area contributed by atoms with Gasteiger partial charge >= 0.3 is 0 Å². The molecule has 1 atom stereocenters. The molecule has 2 saturated carbocycles. The fourth-order valence-electron chi connectivity index (χ4n) is 2.37. The minimum Gasteiger partial charge on any atom is -0.303 e. The van der Waals surface area contributed by atoms with Gasteiger partial charge in [0.15, 0.2) is 0 Å². The normalized spacial score (nSPS) is 23.4. The molecule has 17 heavy (non-hydrogen) atoms. The average Bonchev–Trinajstić information content (AvgIpc) is 3.18. The molecular formula is C14H25N3. The van der Waals surface area contributed by atoms with Gasteiger partial charge in [0.1, 0.15) is 5.54 Å². The summed E-state index contributed by atoms with van der Waals surface area (Å²) in [7, 11) is 1.88. The lowest BCUT2D eigenvalue weighted by Crippen LogP contribution is -2.39. The third kappa shape index (κ3) is 3.97. The molecule has 2 aliphatic rings. The Bertz CT molecular complexity index is 288. The lowest BCUT2D eigenvalue weighted by Gasteiger charge is -2.25. The van der Waals surface area contributed by atoms with E-state index in [1.54, 1.807) is 0 Å². The molecule has 1 N–H and O–H groups in total. The van der Waals surface area contributed by atoms with Crippen molar-refractivity contribution < 1.29 is 0 Å². The summed E-state index contributed by atoms with van der Waals surface area (Å²) < 4.78 is 0. The van der Waals surface area contributed by atoms with E-state index in [1.807, 2.05) is 14.0 Å². The van der Waals surface area contributed by atoms with Crippen LogP contribution in [0.1, 0.15) is 45.4 Å². The van der Waals surface area contributed by atoms with E-state index >= 15 is 0 Å². The van der Waals surface area contributed by atoms with Crippen LogP contribution in [0.3, 0.4) is 0 Å². The van der Waals surface area contributed by atoms with Crippen LogP contribution in [-0.4, -0.2) is 36.6 Å². The van der Waals surface area contributed by atoms with Gasteiger partial charge in [0.05, 0.1) is 6.07 Å². The van der Waals surface area contributed by atoms with E-state index in [0.717, 1.165) is 24.8 Å². The van der Waals surface area contributed by atoms with Crippen molar-refractivity contribution in [1.29, 1.82) is 5.26 Å². The van der Waals surface area contributed by atoms with Crippen LogP contribution in [0.25, 0.3) is 0 Å². The fraction of sp³-hybridized carbons (Fsp3) is 0.929. The van der Waals surface area contributed by atoms with Crippen LogP contribution in [-0.2, 0) is 0 Å². The molecule has 0 saturated heterocycles. The molecule has 96 valence electrons. The van der Waals surface area contributed by atoms with Crippen LogP contribution in [0.4, 0.5) is 0 Å². The summed E-state index contributed by atoms with van der Waals surface area (Å²) in [5.41, 5.74) is -0.338. The quantitative estimate of drug-likeness (QED) is 0.700. The fourth-order valence-corrected chi connectivity index (χ4v) is 2.37. The number of nitriles is 1. The summed E-state index contributed by atoms with van der Waals surface area (Å²) >= 11 is 0. The maximum Gasteiger partial charge on any atom is 0.103 e. The molecule has 0 aromatic carbocycles. The second-order valence-corrected chi connectivity index (χ2v) is 5.97. The first-order valence-electron chi connectivity index (χ1n) is 7.01. The smallest absolute Gasteiger partial charge is 0.103 e. The third-order valence-corrected chi connectivity index (χ3v) is 4.17. The zero-order chi connectivity index (χ0) is 12.3. The van der Waals surface area contributed by atoms with E-state index in [0.29, 0.717) is 0 Å². The number of nitrogens with one attached hydrogen (secondary N) is 1. The maximum atomic E-state index is 9.10. The molecule has 0 spiro atoms. The van der Waals surface area contributed by atoms with E-state index < -0.39 is 0 Å². The Morgan fingerprint density at radius 3 is 2.53 bits per heavy atom. The van der Waals surface area contributed by atoms with E-state index in [4.69, 9.17) is 5.26 Å². The first-order chi connectivity index (χ1) is 8.17. The molecular weight excluding hydrogens is 210 g/mol. The average molecular weight is 235 g/mol. The van der Waals surface area contributed by atoms with Crippen molar-refractivity contribution in [3.63, 3.8) is 0 Å². The molecule has 0 radical (unpaired) electrons. The van der Waals surface area contributed by atoms with Crippen LogP contribution in [0.15, 0.2) is 0 Å². The van der Waals surface area contributed by atoms with Gasteiger partial charge in [-0.05, 0) is 65.0 Å². The molecule has 1 unspecified atom stereocenters. The lowest BCUT2D eigenvalue weighted by atomic mass is 9.98. The van der Waals surface area contributed by atoms with Gasteiger partial charge in [0, 0.05) is 12.6 Å². The predicted molar refractivity (Wildman–Crippen MR) is 69.6 cm³/mol. The van der Waals surface area contributed by atoms with Gasteiger partial charge in [-0.2, -0.15) is 5.26 Å². The Balaban J connectivity index is 1.69. The molecule has 3 nitrogen and oxygen atoms in total. The van der Waals surface area contributed by atoms with Crippen molar-refractivity contribution in [3.05, 3.63) is 0 Å². The number of hydrogen-bond donors (Lipinski definition) is 1. The Morgan fingerprint density at radius 2 is 2.06 bits per heavy atom. The summed E-state index contributed by atoms with van der Waals surface area (Å²) in [6, 6.07) is 3.24. The van der Waals surface area contributed by atoms with Crippen LogP contribution >= 0.6 is 0 Å². The Hall–Kier alpha value is -0.590. The second kappa shape index (κ2) is 5.37. The highest BCUT2D eigenvalue weighted by Gasteiger charge is 2.33. The van der Waals surface area contributed by atoms with Gasteiger partial charge in [-0.3, -0.25) is 0 Å². The first kappa shape index (κ1) is 12.9. The number of hydrogen-bond acceptors (Lipinski definition) is 3. The number of rotatable bonds is 8. The lowest BCUT2D eigenvalue weighted by molar-refractivity contribution is 0.240. The molecule has 0 heterocycles. The molecule has 0 bridgehead atoms. The highest BCUT2D eigenvalue weighted by molar-refractivity contribution is 5.02. The Labute approximate surface area is 105 Å². The molecule has 2 aliphatic carbocycles. The predicted octanol–water partition coefficient (Wildman–Crippen LogP) is 2.14. The molecule has 0 aromatic heterocycles.